The predicted octanol–water partition coefficient (Wildman–Crippen LogP) is 2.76. The first-order chi connectivity index (χ1) is 9.74. The lowest BCUT2D eigenvalue weighted by atomic mass is 10.1. The van der Waals surface area contributed by atoms with E-state index < -0.39 is 6.10 Å². The predicted molar refractivity (Wildman–Crippen MR) is 75.5 cm³/mol. The van der Waals surface area contributed by atoms with Crippen LogP contribution in [0.4, 0.5) is 10.1 Å². The lowest BCUT2D eigenvalue weighted by molar-refractivity contribution is 0.179. The Labute approximate surface area is 117 Å². The van der Waals surface area contributed by atoms with E-state index in [9.17, 15) is 9.50 Å². The molecule has 3 nitrogen and oxygen atoms in total. The summed E-state index contributed by atoms with van der Waals surface area (Å²) in [4.78, 5) is 2.02. The summed E-state index contributed by atoms with van der Waals surface area (Å²) in [5.41, 5.74) is 1.70. The number of aliphatic hydroxyl groups excluding tert-OH is 1. The molecule has 0 saturated heterocycles. The molecule has 0 spiro atoms. The fourth-order valence-electron chi connectivity index (χ4n) is 2.43. The summed E-state index contributed by atoms with van der Waals surface area (Å²) in [7, 11) is 0. The number of fused-ring (bicyclic) bond motifs is 1. The van der Waals surface area contributed by atoms with E-state index >= 15 is 0 Å². The second-order valence-corrected chi connectivity index (χ2v) is 4.83. The van der Waals surface area contributed by atoms with E-state index in [2.05, 4.69) is 0 Å². The van der Waals surface area contributed by atoms with Crippen molar-refractivity contribution < 1.29 is 14.2 Å². The zero-order chi connectivity index (χ0) is 13.9. The SMILES string of the molecule is OC(CN1CCOc2cc(F)ccc21)c1ccccc1. The van der Waals surface area contributed by atoms with Crippen LogP contribution < -0.4 is 9.64 Å². The highest BCUT2D eigenvalue weighted by Crippen LogP contribution is 2.33. The monoisotopic (exact) mass is 273 g/mol. The van der Waals surface area contributed by atoms with Crippen molar-refractivity contribution in [1.82, 2.24) is 0 Å². The molecule has 0 radical (unpaired) electrons. The summed E-state index contributed by atoms with van der Waals surface area (Å²) in [6.45, 7) is 1.65. The summed E-state index contributed by atoms with van der Waals surface area (Å²) in [6.07, 6.45) is -0.577. The number of rotatable bonds is 3. The standard InChI is InChI=1S/C16H16FNO2/c17-13-6-7-14-16(10-13)20-9-8-18(14)11-15(19)12-4-2-1-3-5-12/h1-7,10,15,19H,8-9,11H2. The first-order valence-electron chi connectivity index (χ1n) is 6.64. The van der Waals surface area contributed by atoms with Crippen molar-refractivity contribution in [3.05, 3.63) is 59.9 Å². The van der Waals surface area contributed by atoms with Crippen molar-refractivity contribution in [2.24, 2.45) is 0 Å². The molecule has 1 N–H and O–H groups in total. The average Bonchev–Trinajstić information content (AvgIpc) is 2.48. The fourth-order valence-corrected chi connectivity index (χ4v) is 2.43. The maximum Gasteiger partial charge on any atom is 0.145 e. The van der Waals surface area contributed by atoms with Crippen LogP contribution in [-0.2, 0) is 0 Å². The lowest BCUT2D eigenvalue weighted by Gasteiger charge is -2.32. The van der Waals surface area contributed by atoms with E-state index in [1.54, 1.807) is 6.07 Å². The Morgan fingerprint density at radius 2 is 2.00 bits per heavy atom. The zero-order valence-electron chi connectivity index (χ0n) is 11.0. The topological polar surface area (TPSA) is 32.7 Å². The number of aliphatic hydroxyl groups is 1. The molecule has 1 aliphatic heterocycles. The molecule has 20 heavy (non-hydrogen) atoms. The molecule has 0 aliphatic carbocycles. The molecule has 0 fully saturated rings. The molecule has 1 unspecified atom stereocenters. The number of hydrogen-bond donors (Lipinski definition) is 1. The van der Waals surface area contributed by atoms with Crippen LogP contribution in [0.3, 0.4) is 0 Å². The highest BCUT2D eigenvalue weighted by Gasteiger charge is 2.21. The molecule has 0 amide bonds. The second-order valence-electron chi connectivity index (χ2n) is 4.83. The summed E-state index contributed by atoms with van der Waals surface area (Å²) in [6, 6.07) is 14.0. The fraction of sp³-hybridized carbons (Fsp3) is 0.250. The molecule has 0 bridgehead atoms. The smallest absolute Gasteiger partial charge is 0.145 e. The molecule has 1 heterocycles. The van der Waals surface area contributed by atoms with E-state index in [4.69, 9.17) is 4.74 Å². The largest absolute Gasteiger partial charge is 0.489 e. The van der Waals surface area contributed by atoms with Gasteiger partial charge < -0.3 is 14.7 Å². The third kappa shape index (κ3) is 2.60. The van der Waals surface area contributed by atoms with Crippen molar-refractivity contribution in [2.45, 2.75) is 6.10 Å². The van der Waals surface area contributed by atoms with Crippen LogP contribution in [-0.4, -0.2) is 24.8 Å². The van der Waals surface area contributed by atoms with Gasteiger partial charge >= 0.3 is 0 Å². The van der Waals surface area contributed by atoms with Gasteiger partial charge in [-0.2, -0.15) is 0 Å². The van der Waals surface area contributed by atoms with Crippen LogP contribution >= 0.6 is 0 Å². The van der Waals surface area contributed by atoms with E-state index in [0.717, 1.165) is 11.3 Å². The minimum atomic E-state index is -0.577. The van der Waals surface area contributed by atoms with Crippen molar-refractivity contribution in [3.8, 4) is 5.75 Å². The van der Waals surface area contributed by atoms with Gasteiger partial charge in [-0.05, 0) is 17.7 Å². The third-order valence-corrected chi connectivity index (χ3v) is 3.46. The van der Waals surface area contributed by atoms with Gasteiger partial charge in [0.15, 0.2) is 0 Å². The summed E-state index contributed by atoms with van der Waals surface area (Å²) >= 11 is 0. The minimum Gasteiger partial charge on any atom is -0.489 e. The summed E-state index contributed by atoms with van der Waals surface area (Å²) < 4.78 is 18.7. The quantitative estimate of drug-likeness (QED) is 0.933. The van der Waals surface area contributed by atoms with Gasteiger partial charge in [-0.3, -0.25) is 0 Å². The van der Waals surface area contributed by atoms with Crippen molar-refractivity contribution in [2.75, 3.05) is 24.6 Å². The van der Waals surface area contributed by atoms with Gasteiger partial charge in [0.05, 0.1) is 18.3 Å². The highest BCUT2D eigenvalue weighted by molar-refractivity contribution is 5.60. The normalized spacial score (nSPS) is 15.4. The van der Waals surface area contributed by atoms with Crippen LogP contribution in [0.5, 0.6) is 5.75 Å². The Morgan fingerprint density at radius 3 is 2.80 bits per heavy atom. The average molecular weight is 273 g/mol. The first kappa shape index (κ1) is 12.9. The molecule has 1 atom stereocenters. The Balaban J connectivity index is 1.80. The van der Waals surface area contributed by atoms with Gasteiger partial charge in [-0.15, -0.1) is 0 Å². The molecule has 104 valence electrons. The molecular formula is C16H16FNO2. The van der Waals surface area contributed by atoms with Crippen molar-refractivity contribution in [3.63, 3.8) is 0 Å². The van der Waals surface area contributed by atoms with Crippen molar-refractivity contribution in [1.29, 1.82) is 0 Å². The molecule has 2 aromatic rings. The molecule has 3 rings (SSSR count). The van der Waals surface area contributed by atoms with Gasteiger partial charge in [0.2, 0.25) is 0 Å². The van der Waals surface area contributed by atoms with E-state index in [-0.39, 0.29) is 5.82 Å². The molecule has 1 aliphatic rings. The third-order valence-electron chi connectivity index (χ3n) is 3.46. The second kappa shape index (κ2) is 5.51. The van der Waals surface area contributed by atoms with Gasteiger partial charge in [-0.25, -0.2) is 4.39 Å². The Morgan fingerprint density at radius 1 is 1.20 bits per heavy atom. The summed E-state index contributed by atoms with van der Waals surface area (Å²) in [5.74, 6) is 0.228. The number of β-amino-alcohol motifs (C(OH)–C–C–N with tert-alkyl or cyclic N) is 1. The van der Waals surface area contributed by atoms with Gasteiger partial charge in [0, 0.05) is 12.6 Å². The molecule has 0 aromatic heterocycles. The Bertz CT molecular complexity index is 588. The molecule has 2 aromatic carbocycles. The molecule has 0 saturated carbocycles. The minimum absolute atomic E-state index is 0.311. The van der Waals surface area contributed by atoms with Gasteiger partial charge in [0.1, 0.15) is 18.2 Å². The van der Waals surface area contributed by atoms with E-state index in [1.165, 1.54) is 12.1 Å². The van der Waals surface area contributed by atoms with Crippen LogP contribution in [0.25, 0.3) is 0 Å². The number of ether oxygens (including phenoxy) is 1. The number of anilines is 1. The van der Waals surface area contributed by atoms with E-state index in [0.29, 0.717) is 25.4 Å². The zero-order valence-corrected chi connectivity index (χ0v) is 11.0. The summed E-state index contributed by atoms with van der Waals surface area (Å²) in [5, 5.41) is 10.3. The van der Waals surface area contributed by atoms with Crippen LogP contribution in [0.15, 0.2) is 48.5 Å². The number of hydrogen-bond acceptors (Lipinski definition) is 3. The number of nitrogens with zero attached hydrogens (tertiary/aromatic N) is 1. The lowest BCUT2D eigenvalue weighted by Crippen LogP contribution is -2.36. The van der Waals surface area contributed by atoms with Gasteiger partial charge in [0.25, 0.3) is 0 Å². The van der Waals surface area contributed by atoms with Crippen LogP contribution in [0.2, 0.25) is 0 Å². The first-order valence-corrected chi connectivity index (χ1v) is 6.64. The van der Waals surface area contributed by atoms with Crippen molar-refractivity contribution >= 4 is 5.69 Å². The van der Waals surface area contributed by atoms with Crippen LogP contribution in [0, 0.1) is 5.82 Å². The van der Waals surface area contributed by atoms with Crippen LogP contribution in [0.1, 0.15) is 11.7 Å². The maximum atomic E-state index is 13.2. The van der Waals surface area contributed by atoms with Gasteiger partial charge in [-0.1, -0.05) is 30.3 Å². The molecule has 4 heteroatoms. The Hall–Kier alpha value is -2.07. The Kier molecular flexibility index (Phi) is 3.56. The van der Waals surface area contributed by atoms with E-state index in [1.807, 2.05) is 35.2 Å². The highest BCUT2D eigenvalue weighted by atomic mass is 19.1. The molecular weight excluding hydrogens is 257 g/mol. The maximum absolute atomic E-state index is 13.2. The number of halogens is 1. The number of benzene rings is 2.